The van der Waals surface area contributed by atoms with Crippen molar-refractivity contribution in [2.75, 3.05) is 6.61 Å². The number of hydrogen-bond acceptors (Lipinski definition) is 2. The van der Waals surface area contributed by atoms with E-state index in [-0.39, 0.29) is 11.9 Å². The molecule has 1 aliphatic rings. The van der Waals surface area contributed by atoms with Crippen LogP contribution in [0.2, 0.25) is 0 Å². The maximum Gasteiger partial charge on any atom is 0.308 e. The zero-order valence-electron chi connectivity index (χ0n) is 8.29. The fraction of sp³-hybridized carbons (Fsp3) is 0.727. The van der Waals surface area contributed by atoms with E-state index in [2.05, 4.69) is 12.2 Å². The van der Waals surface area contributed by atoms with Crippen LogP contribution in [0.4, 0.5) is 0 Å². The molecule has 0 bridgehead atoms. The van der Waals surface area contributed by atoms with Crippen molar-refractivity contribution in [3.63, 3.8) is 0 Å². The number of carbonyl (C=O) groups excluding carboxylic acids is 1. The third kappa shape index (κ3) is 3.62. The third-order valence-electron chi connectivity index (χ3n) is 2.39. The highest BCUT2D eigenvalue weighted by atomic mass is 16.5. The SMILES string of the molecule is CCOC(=O)C1CC/C=C/CCC1. The van der Waals surface area contributed by atoms with Crippen LogP contribution in [0, 0.1) is 5.92 Å². The van der Waals surface area contributed by atoms with E-state index in [1.807, 2.05) is 6.92 Å². The predicted molar refractivity (Wildman–Crippen MR) is 52.3 cm³/mol. The van der Waals surface area contributed by atoms with Gasteiger partial charge in [-0.15, -0.1) is 0 Å². The lowest BCUT2D eigenvalue weighted by molar-refractivity contribution is -0.148. The normalized spacial score (nSPS) is 25.8. The molecule has 0 heterocycles. The highest BCUT2D eigenvalue weighted by molar-refractivity contribution is 5.72. The Labute approximate surface area is 80.0 Å². The maximum atomic E-state index is 11.4. The lowest BCUT2D eigenvalue weighted by Gasteiger charge is -2.15. The molecular formula is C11H18O2. The van der Waals surface area contributed by atoms with E-state index in [9.17, 15) is 4.79 Å². The van der Waals surface area contributed by atoms with Gasteiger partial charge in [-0.25, -0.2) is 0 Å². The number of ether oxygens (including phenoxy) is 1. The summed E-state index contributed by atoms with van der Waals surface area (Å²) in [5.41, 5.74) is 0. The van der Waals surface area contributed by atoms with Crippen molar-refractivity contribution in [2.45, 2.75) is 39.0 Å². The van der Waals surface area contributed by atoms with Crippen LogP contribution < -0.4 is 0 Å². The van der Waals surface area contributed by atoms with Crippen molar-refractivity contribution >= 4 is 5.97 Å². The second kappa shape index (κ2) is 5.79. The summed E-state index contributed by atoms with van der Waals surface area (Å²) in [5.74, 6) is 0.141. The molecule has 1 rings (SSSR count). The Hall–Kier alpha value is -0.790. The van der Waals surface area contributed by atoms with E-state index in [0.29, 0.717) is 6.61 Å². The maximum absolute atomic E-state index is 11.4. The average molecular weight is 182 g/mol. The van der Waals surface area contributed by atoms with Gasteiger partial charge in [0.1, 0.15) is 0 Å². The molecule has 0 fully saturated rings. The number of rotatable bonds is 2. The minimum atomic E-state index is -0.00204. The summed E-state index contributed by atoms with van der Waals surface area (Å²) in [5, 5.41) is 0. The Morgan fingerprint density at radius 3 is 2.92 bits per heavy atom. The molecule has 0 aromatic carbocycles. The molecule has 1 unspecified atom stereocenters. The van der Waals surface area contributed by atoms with Crippen LogP contribution in [0.3, 0.4) is 0 Å². The van der Waals surface area contributed by atoms with Crippen LogP contribution in [-0.2, 0) is 9.53 Å². The summed E-state index contributed by atoms with van der Waals surface area (Å²) in [4.78, 5) is 11.4. The van der Waals surface area contributed by atoms with E-state index in [4.69, 9.17) is 4.74 Å². The smallest absolute Gasteiger partial charge is 0.308 e. The Balaban J connectivity index is 2.38. The van der Waals surface area contributed by atoms with E-state index in [1.165, 1.54) is 0 Å². The summed E-state index contributed by atoms with van der Waals surface area (Å²) in [7, 11) is 0. The lowest BCUT2D eigenvalue weighted by atomic mass is 9.94. The minimum Gasteiger partial charge on any atom is -0.466 e. The topological polar surface area (TPSA) is 26.3 Å². The van der Waals surface area contributed by atoms with Gasteiger partial charge in [0.05, 0.1) is 12.5 Å². The van der Waals surface area contributed by atoms with Crippen LogP contribution in [0.5, 0.6) is 0 Å². The van der Waals surface area contributed by atoms with Gasteiger partial charge in [0.2, 0.25) is 0 Å². The molecule has 74 valence electrons. The minimum absolute atomic E-state index is 0.00204. The highest BCUT2D eigenvalue weighted by Crippen LogP contribution is 2.19. The van der Waals surface area contributed by atoms with Crippen LogP contribution in [0.25, 0.3) is 0 Å². The van der Waals surface area contributed by atoms with Crippen LogP contribution in [0.1, 0.15) is 39.0 Å². The molecular weight excluding hydrogens is 164 g/mol. The van der Waals surface area contributed by atoms with Gasteiger partial charge >= 0.3 is 5.97 Å². The van der Waals surface area contributed by atoms with Crippen molar-refractivity contribution in [1.82, 2.24) is 0 Å². The van der Waals surface area contributed by atoms with E-state index >= 15 is 0 Å². The number of allylic oxidation sites excluding steroid dienone is 2. The molecule has 13 heavy (non-hydrogen) atoms. The van der Waals surface area contributed by atoms with Crippen LogP contribution >= 0.6 is 0 Å². The Morgan fingerprint density at radius 2 is 2.15 bits per heavy atom. The monoisotopic (exact) mass is 182 g/mol. The van der Waals surface area contributed by atoms with E-state index < -0.39 is 0 Å². The molecule has 2 heteroatoms. The molecule has 1 atom stereocenters. The molecule has 0 aromatic heterocycles. The average Bonchev–Trinajstić information content (AvgIpc) is 2.03. The first-order valence-electron chi connectivity index (χ1n) is 5.16. The van der Waals surface area contributed by atoms with E-state index in [1.54, 1.807) is 0 Å². The molecule has 0 aliphatic heterocycles. The molecule has 0 spiro atoms. The van der Waals surface area contributed by atoms with Crippen molar-refractivity contribution in [2.24, 2.45) is 5.92 Å². The Bertz CT molecular complexity index is 185. The first-order valence-corrected chi connectivity index (χ1v) is 5.16. The number of hydrogen-bond donors (Lipinski definition) is 0. The van der Waals surface area contributed by atoms with Gasteiger partial charge in [-0.3, -0.25) is 4.79 Å². The summed E-state index contributed by atoms with van der Waals surface area (Å²) in [6.45, 7) is 2.37. The molecule has 0 radical (unpaired) electrons. The molecule has 2 nitrogen and oxygen atoms in total. The summed E-state index contributed by atoms with van der Waals surface area (Å²) in [6, 6.07) is 0. The summed E-state index contributed by atoms with van der Waals surface area (Å²) >= 11 is 0. The number of esters is 1. The molecule has 1 aliphatic carbocycles. The van der Waals surface area contributed by atoms with Gasteiger partial charge in [-0.1, -0.05) is 12.2 Å². The molecule has 0 N–H and O–H groups in total. The first-order chi connectivity index (χ1) is 6.34. The molecule has 0 amide bonds. The van der Waals surface area contributed by atoms with Gasteiger partial charge in [0, 0.05) is 0 Å². The van der Waals surface area contributed by atoms with Crippen molar-refractivity contribution in [3.05, 3.63) is 12.2 Å². The van der Waals surface area contributed by atoms with Crippen molar-refractivity contribution in [3.8, 4) is 0 Å². The van der Waals surface area contributed by atoms with Gasteiger partial charge in [0.15, 0.2) is 0 Å². The largest absolute Gasteiger partial charge is 0.466 e. The fourth-order valence-corrected chi connectivity index (χ4v) is 1.66. The van der Waals surface area contributed by atoms with Gasteiger partial charge in [-0.2, -0.15) is 0 Å². The predicted octanol–water partition coefficient (Wildman–Crippen LogP) is 2.69. The van der Waals surface area contributed by atoms with E-state index in [0.717, 1.165) is 32.1 Å². The van der Waals surface area contributed by atoms with Crippen LogP contribution in [-0.4, -0.2) is 12.6 Å². The highest BCUT2D eigenvalue weighted by Gasteiger charge is 2.18. The van der Waals surface area contributed by atoms with Crippen molar-refractivity contribution in [1.29, 1.82) is 0 Å². The molecule has 0 saturated heterocycles. The molecule has 0 saturated carbocycles. The number of carbonyl (C=O) groups is 1. The van der Waals surface area contributed by atoms with Crippen molar-refractivity contribution < 1.29 is 9.53 Å². The Morgan fingerprint density at radius 1 is 1.38 bits per heavy atom. The fourth-order valence-electron chi connectivity index (χ4n) is 1.66. The second-order valence-electron chi connectivity index (χ2n) is 3.43. The van der Waals surface area contributed by atoms with Crippen LogP contribution in [0.15, 0.2) is 12.2 Å². The summed E-state index contributed by atoms with van der Waals surface area (Å²) < 4.78 is 5.01. The van der Waals surface area contributed by atoms with Gasteiger partial charge in [0.25, 0.3) is 0 Å². The zero-order chi connectivity index (χ0) is 9.52. The lowest BCUT2D eigenvalue weighted by Crippen LogP contribution is -2.18. The third-order valence-corrected chi connectivity index (χ3v) is 2.39. The first kappa shape index (κ1) is 10.3. The Kier molecular flexibility index (Phi) is 4.58. The molecule has 0 aromatic rings. The quantitative estimate of drug-likeness (QED) is 0.485. The zero-order valence-corrected chi connectivity index (χ0v) is 8.29. The second-order valence-corrected chi connectivity index (χ2v) is 3.43. The standard InChI is InChI=1S/C11H18O2/c1-2-13-11(12)10-8-6-4-3-5-7-9-10/h3-4,10H,2,5-9H2,1H3/b4-3+. The summed E-state index contributed by atoms with van der Waals surface area (Å²) in [6.07, 6.45) is 9.56. The van der Waals surface area contributed by atoms with Gasteiger partial charge in [-0.05, 0) is 39.0 Å². The van der Waals surface area contributed by atoms with Gasteiger partial charge < -0.3 is 4.74 Å².